The summed E-state index contributed by atoms with van der Waals surface area (Å²) in [6.45, 7) is 0.393. The number of nitrogens with zero attached hydrogens (tertiary/aromatic N) is 5. The highest BCUT2D eigenvalue weighted by molar-refractivity contribution is 5.98. The monoisotopic (exact) mass is 410 g/mol. The number of fused-ring (bicyclic) bond motifs is 4. The van der Waals surface area contributed by atoms with Crippen LogP contribution in [0, 0.1) is 11.3 Å². The summed E-state index contributed by atoms with van der Waals surface area (Å²) in [6.07, 6.45) is 5.29. The van der Waals surface area contributed by atoms with Gasteiger partial charge in [-0.25, -0.2) is 9.97 Å². The maximum atomic E-state index is 13.7. The Bertz CT molecular complexity index is 1420. The number of benzene rings is 2. The molecule has 1 aliphatic heterocycles. The van der Waals surface area contributed by atoms with Crippen molar-refractivity contribution in [2.45, 2.75) is 24.9 Å². The molecule has 0 spiro atoms. The molecule has 1 aliphatic carbocycles. The van der Waals surface area contributed by atoms with Crippen LogP contribution < -0.4 is 10.5 Å². The van der Waals surface area contributed by atoms with Gasteiger partial charge in [-0.15, -0.1) is 0 Å². The van der Waals surface area contributed by atoms with Crippen LogP contribution in [0.5, 0.6) is 5.75 Å². The Morgan fingerprint density at radius 1 is 1.23 bits per heavy atom. The van der Waals surface area contributed by atoms with Gasteiger partial charge in [0.05, 0.1) is 41.2 Å². The second-order valence-electron chi connectivity index (χ2n) is 7.98. The molecule has 8 heteroatoms. The van der Waals surface area contributed by atoms with E-state index >= 15 is 0 Å². The van der Waals surface area contributed by atoms with Gasteiger partial charge in [0.15, 0.2) is 0 Å². The van der Waals surface area contributed by atoms with E-state index in [1.54, 1.807) is 30.7 Å². The van der Waals surface area contributed by atoms with Crippen LogP contribution in [0.1, 0.15) is 40.4 Å². The van der Waals surface area contributed by atoms with Crippen LogP contribution in [-0.4, -0.2) is 37.8 Å². The molecule has 0 unspecified atom stereocenters. The molecule has 152 valence electrons. The lowest BCUT2D eigenvalue weighted by atomic mass is 10.0. The smallest absolute Gasteiger partial charge is 0.254 e. The molecule has 1 saturated carbocycles. The number of aromatic nitrogens is 3. The van der Waals surface area contributed by atoms with Crippen molar-refractivity contribution in [1.82, 2.24) is 19.3 Å². The number of amides is 1. The molecular formula is C23H18N6O2. The summed E-state index contributed by atoms with van der Waals surface area (Å²) in [4.78, 5) is 24.2. The summed E-state index contributed by atoms with van der Waals surface area (Å²) in [6, 6.07) is 13.0. The number of imidazole rings is 1. The standard InChI is InChI=1S/C23H18N6O2/c24-9-13-1-5-16-20(11-31-21(16)7-13)29(15-3-4-15)23(30)14-2-6-17-18(8-14)28-12-26-10-19(28)22(25)27-17/h1-2,5-8,10,12,15,20H,3-4,11H2,(H2,25,27)/t20-/m0/s1. The molecule has 0 bridgehead atoms. The van der Waals surface area contributed by atoms with Crippen LogP contribution in [0.2, 0.25) is 0 Å². The van der Waals surface area contributed by atoms with Crippen LogP contribution in [0.3, 0.4) is 0 Å². The first-order valence-electron chi connectivity index (χ1n) is 10.1. The minimum atomic E-state index is -0.170. The molecule has 3 heterocycles. The fourth-order valence-corrected chi connectivity index (χ4v) is 4.36. The van der Waals surface area contributed by atoms with Crippen LogP contribution in [0.25, 0.3) is 16.6 Å². The topological polar surface area (TPSA) is 110 Å². The maximum absolute atomic E-state index is 13.7. The van der Waals surface area contributed by atoms with Crippen LogP contribution in [0.4, 0.5) is 5.82 Å². The zero-order valence-corrected chi connectivity index (χ0v) is 16.5. The Balaban J connectivity index is 1.42. The van der Waals surface area contributed by atoms with E-state index in [2.05, 4.69) is 16.0 Å². The van der Waals surface area contributed by atoms with Gasteiger partial charge in [-0.3, -0.25) is 9.20 Å². The lowest BCUT2D eigenvalue weighted by Crippen LogP contribution is -2.37. The van der Waals surface area contributed by atoms with E-state index in [0.717, 1.165) is 23.9 Å². The number of nitrogens with two attached hydrogens (primary N) is 1. The van der Waals surface area contributed by atoms with Crippen molar-refractivity contribution in [2.24, 2.45) is 0 Å². The Kier molecular flexibility index (Phi) is 3.68. The molecule has 2 aromatic carbocycles. The number of nitriles is 1. The average molecular weight is 410 g/mol. The van der Waals surface area contributed by atoms with Crippen molar-refractivity contribution in [1.29, 1.82) is 5.26 Å². The molecule has 0 saturated heterocycles. The summed E-state index contributed by atoms with van der Waals surface area (Å²) in [7, 11) is 0. The van der Waals surface area contributed by atoms with Gasteiger partial charge in [-0.1, -0.05) is 6.07 Å². The van der Waals surface area contributed by atoms with E-state index in [-0.39, 0.29) is 18.0 Å². The first-order chi connectivity index (χ1) is 15.1. The predicted octanol–water partition coefficient (Wildman–Crippen LogP) is 3.07. The summed E-state index contributed by atoms with van der Waals surface area (Å²) >= 11 is 0. The normalized spacial score (nSPS) is 17.3. The first kappa shape index (κ1) is 17.7. The van der Waals surface area contributed by atoms with Crippen molar-refractivity contribution in [3.05, 3.63) is 65.6 Å². The van der Waals surface area contributed by atoms with Crippen molar-refractivity contribution in [3.8, 4) is 11.8 Å². The Labute approximate surface area is 177 Å². The van der Waals surface area contributed by atoms with E-state index in [0.29, 0.717) is 40.3 Å². The van der Waals surface area contributed by atoms with E-state index < -0.39 is 0 Å². The zero-order valence-electron chi connectivity index (χ0n) is 16.5. The van der Waals surface area contributed by atoms with Gasteiger partial charge in [-0.2, -0.15) is 5.26 Å². The number of ether oxygens (including phenoxy) is 1. The number of hydrogen-bond acceptors (Lipinski definition) is 6. The molecule has 31 heavy (non-hydrogen) atoms. The Hall–Kier alpha value is -4.12. The number of carbonyl (C=O) groups excluding carboxylic acids is 1. The molecule has 6 rings (SSSR count). The van der Waals surface area contributed by atoms with Crippen molar-refractivity contribution < 1.29 is 9.53 Å². The average Bonchev–Trinajstić information content (AvgIpc) is 3.33. The van der Waals surface area contributed by atoms with Gasteiger partial charge in [0.1, 0.15) is 23.7 Å². The maximum Gasteiger partial charge on any atom is 0.254 e. The van der Waals surface area contributed by atoms with Crippen LogP contribution in [-0.2, 0) is 0 Å². The Morgan fingerprint density at radius 3 is 2.90 bits per heavy atom. The summed E-state index contributed by atoms with van der Waals surface area (Å²) < 4.78 is 7.70. The lowest BCUT2D eigenvalue weighted by Gasteiger charge is -2.28. The van der Waals surface area contributed by atoms with Crippen molar-refractivity contribution >= 4 is 28.3 Å². The van der Waals surface area contributed by atoms with Gasteiger partial charge in [0.2, 0.25) is 0 Å². The minimum absolute atomic E-state index is 0.0414. The summed E-state index contributed by atoms with van der Waals surface area (Å²) in [5.41, 5.74) is 10.3. The van der Waals surface area contributed by atoms with E-state index in [1.165, 1.54) is 0 Å². The first-order valence-corrected chi connectivity index (χ1v) is 10.1. The summed E-state index contributed by atoms with van der Waals surface area (Å²) in [5.74, 6) is 1.04. The third-order valence-electron chi connectivity index (χ3n) is 6.03. The summed E-state index contributed by atoms with van der Waals surface area (Å²) in [5, 5.41) is 9.15. The molecule has 4 aromatic rings. The van der Waals surface area contributed by atoms with Gasteiger partial charge >= 0.3 is 0 Å². The largest absolute Gasteiger partial charge is 0.491 e. The molecule has 2 aliphatic rings. The van der Waals surface area contributed by atoms with Gasteiger partial charge in [0, 0.05) is 17.2 Å². The molecule has 2 N–H and O–H groups in total. The third-order valence-corrected chi connectivity index (χ3v) is 6.03. The lowest BCUT2D eigenvalue weighted by molar-refractivity contribution is 0.0630. The van der Waals surface area contributed by atoms with Crippen LogP contribution in [0.15, 0.2) is 48.9 Å². The molecule has 0 radical (unpaired) electrons. The van der Waals surface area contributed by atoms with Gasteiger partial charge in [-0.05, 0) is 43.2 Å². The second kappa shape index (κ2) is 6.44. The van der Waals surface area contributed by atoms with Crippen molar-refractivity contribution in [2.75, 3.05) is 12.3 Å². The predicted molar refractivity (Wildman–Crippen MR) is 113 cm³/mol. The molecule has 8 nitrogen and oxygen atoms in total. The molecule has 1 atom stereocenters. The fourth-order valence-electron chi connectivity index (χ4n) is 4.36. The number of carbonyl (C=O) groups is 1. The number of nitrogen functional groups attached to an aromatic ring is 1. The van der Waals surface area contributed by atoms with Gasteiger partial charge in [0.25, 0.3) is 5.91 Å². The third kappa shape index (κ3) is 2.70. The molecular weight excluding hydrogens is 392 g/mol. The van der Waals surface area contributed by atoms with E-state index in [1.807, 2.05) is 27.5 Å². The molecule has 1 fully saturated rings. The van der Waals surface area contributed by atoms with Crippen molar-refractivity contribution in [3.63, 3.8) is 0 Å². The number of hydrogen-bond donors (Lipinski definition) is 1. The van der Waals surface area contributed by atoms with Gasteiger partial charge < -0.3 is 15.4 Å². The number of rotatable bonds is 3. The Morgan fingerprint density at radius 2 is 2.10 bits per heavy atom. The molecule has 2 aromatic heterocycles. The quantitative estimate of drug-likeness (QED) is 0.556. The minimum Gasteiger partial charge on any atom is -0.491 e. The zero-order chi connectivity index (χ0) is 21.1. The van der Waals surface area contributed by atoms with E-state index in [4.69, 9.17) is 15.7 Å². The highest BCUT2D eigenvalue weighted by atomic mass is 16.5. The van der Waals surface area contributed by atoms with Crippen LogP contribution >= 0.6 is 0 Å². The second-order valence-corrected chi connectivity index (χ2v) is 7.98. The highest BCUT2D eigenvalue weighted by Gasteiger charge is 2.42. The number of anilines is 1. The molecule has 1 amide bonds. The SMILES string of the molecule is N#Cc1ccc2c(c1)OC[C@@H]2N(C(=O)c1ccc2nc(N)c3cncn3c2c1)C1CC1. The highest BCUT2D eigenvalue weighted by Crippen LogP contribution is 2.42. The fraction of sp³-hybridized carbons (Fsp3) is 0.217. The van der Waals surface area contributed by atoms with E-state index in [9.17, 15) is 4.79 Å².